The zero-order chi connectivity index (χ0) is 17.5. The molecule has 0 amide bonds. The predicted molar refractivity (Wildman–Crippen MR) is 104 cm³/mol. The van der Waals surface area contributed by atoms with Gasteiger partial charge in [-0.25, -0.2) is 0 Å². The fraction of sp³-hybridized carbons (Fsp3) is 0.455. The van der Waals surface area contributed by atoms with Gasteiger partial charge in [0.2, 0.25) is 0 Å². The molecular weight excluding hydrogens is 308 g/mol. The second kappa shape index (κ2) is 9.02. The number of nitrogens with zero attached hydrogens (tertiary/aromatic N) is 1. The minimum Gasteiger partial charge on any atom is -0.489 e. The third kappa shape index (κ3) is 5.07. The summed E-state index contributed by atoms with van der Waals surface area (Å²) < 4.78 is 6.08. The first-order chi connectivity index (χ1) is 12.3. The Morgan fingerprint density at radius 2 is 1.92 bits per heavy atom. The Hall–Kier alpha value is -1.84. The van der Waals surface area contributed by atoms with Crippen LogP contribution in [0.15, 0.2) is 48.5 Å². The lowest BCUT2D eigenvalue weighted by molar-refractivity contribution is 0.259. The maximum atomic E-state index is 6.08. The standard InChI is InChI=1S/C22H30N2O/c1-3-24-14-6-8-21(24)16-23-15-20-7-4-5-9-22(20)25-17-19-12-10-18(2)11-13-19/h4-5,7,9-13,21,23H,3,6,8,14-17H2,1-2H3. The van der Waals surface area contributed by atoms with Crippen molar-refractivity contribution in [3.8, 4) is 5.75 Å². The number of hydrogen-bond acceptors (Lipinski definition) is 3. The molecule has 1 fully saturated rings. The van der Waals surface area contributed by atoms with Crippen molar-refractivity contribution < 1.29 is 4.74 Å². The van der Waals surface area contributed by atoms with Gasteiger partial charge in [0.15, 0.2) is 0 Å². The first kappa shape index (κ1) is 18.0. The summed E-state index contributed by atoms with van der Waals surface area (Å²) in [5.74, 6) is 0.981. The van der Waals surface area contributed by atoms with Gasteiger partial charge in [-0.05, 0) is 44.5 Å². The van der Waals surface area contributed by atoms with Crippen molar-refractivity contribution >= 4 is 0 Å². The minimum absolute atomic E-state index is 0.615. The van der Waals surface area contributed by atoms with Crippen LogP contribution >= 0.6 is 0 Å². The van der Waals surface area contributed by atoms with E-state index in [9.17, 15) is 0 Å². The molecule has 1 saturated heterocycles. The quantitative estimate of drug-likeness (QED) is 0.782. The second-order valence-electron chi connectivity index (χ2n) is 6.94. The molecular formula is C22H30N2O. The number of benzene rings is 2. The smallest absolute Gasteiger partial charge is 0.124 e. The summed E-state index contributed by atoms with van der Waals surface area (Å²) in [7, 11) is 0. The lowest BCUT2D eigenvalue weighted by atomic mass is 10.1. The van der Waals surface area contributed by atoms with E-state index in [1.807, 2.05) is 6.07 Å². The van der Waals surface area contributed by atoms with Gasteiger partial charge in [0.1, 0.15) is 12.4 Å². The van der Waals surface area contributed by atoms with Crippen LogP contribution < -0.4 is 10.1 Å². The van der Waals surface area contributed by atoms with Crippen molar-refractivity contribution in [1.82, 2.24) is 10.2 Å². The molecule has 1 aliphatic heterocycles. The van der Waals surface area contributed by atoms with Gasteiger partial charge >= 0.3 is 0 Å². The fourth-order valence-corrected chi connectivity index (χ4v) is 3.55. The Labute approximate surface area is 152 Å². The van der Waals surface area contributed by atoms with E-state index >= 15 is 0 Å². The molecule has 3 rings (SSSR count). The van der Waals surface area contributed by atoms with Gasteiger partial charge in [-0.1, -0.05) is 55.0 Å². The molecule has 134 valence electrons. The van der Waals surface area contributed by atoms with Gasteiger partial charge in [-0.3, -0.25) is 4.90 Å². The number of rotatable bonds is 8. The topological polar surface area (TPSA) is 24.5 Å². The van der Waals surface area contributed by atoms with Crippen molar-refractivity contribution in [3.63, 3.8) is 0 Å². The number of aryl methyl sites for hydroxylation is 1. The maximum absolute atomic E-state index is 6.08. The molecule has 1 N–H and O–H groups in total. The fourth-order valence-electron chi connectivity index (χ4n) is 3.55. The lowest BCUT2D eigenvalue weighted by Gasteiger charge is -2.23. The molecule has 0 saturated carbocycles. The van der Waals surface area contributed by atoms with Crippen LogP contribution in [0.25, 0.3) is 0 Å². The van der Waals surface area contributed by atoms with Gasteiger partial charge in [0.25, 0.3) is 0 Å². The van der Waals surface area contributed by atoms with Gasteiger partial charge in [0, 0.05) is 24.7 Å². The molecule has 3 heteroatoms. The molecule has 0 aliphatic carbocycles. The Bertz CT molecular complexity index is 653. The summed E-state index contributed by atoms with van der Waals surface area (Å²) >= 11 is 0. The van der Waals surface area contributed by atoms with Crippen LogP contribution in [0.2, 0.25) is 0 Å². The molecule has 1 unspecified atom stereocenters. The van der Waals surface area contributed by atoms with Crippen molar-refractivity contribution in [2.75, 3.05) is 19.6 Å². The summed E-state index contributed by atoms with van der Waals surface area (Å²) in [5.41, 5.74) is 3.72. The van der Waals surface area contributed by atoms with Gasteiger partial charge < -0.3 is 10.1 Å². The highest BCUT2D eigenvalue weighted by Gasteiger charge is 2.22. The van der Waals surface area contributed by atoms with Gasteiger partial charge in [0.05, 0.1) is 0 Å². The zero-order valence-corrected chi connectivity index (χ0v) is 15.5. The van der Waals surface area contributed by atoms with Crippen LogP contribution in [0.3, 0.4) is 0 Å². The average Bonchev–Trinajstić information content (AvgIpc) is 3.10. The number of nitrogens with one attached hydrogen (secondary N) is 1. The Balaban J connectivity index is 1.52. The van der Waals surface area contributed by atoms with Crippen LogP contribution in [0.1, 0.15) is 36.5 Å². The summed E-state index contributed by atoms with van der Waals surface area (Å²) in [4.78, 5) is 2.58. The van der Waals surface area contributed by atoms with Crippen LogP contribution in [0, 0.1) is 6.92 Å². The average molecular weight is 338 g/mol. The van der Waals surface area contributed by atoms with Gasteiger partial charge in [-0.15, -0.1) is 0 Å². The third-order valence-electron chi connectivity index (χ3n) is 5.09. The first-order valence-corrected chi connectivity index (χ1v) is 9.47. The highest BCUT2D eigenvalue weighted by Crippen LogP contribution is 2.20. The monoisotopic (exact) mass is 338 g/mol. The molecule has 2 aromatic carbocycles. The van der Waals surface area contributed by atoms with Crippen LogP contribution in [-0.2, 0) is 13.2 Å². The molecule has 1 aliphatic rings. The lowest BCUT2D eigenvalue weighted by Crippen LogP contribution is -2.37. The van der Waals surface area contributed by atoms with Crippen LogP contribution in [0.4, 0.5) is 0 Å². The van der Waals surface area contributed by atoms with E-state index in [2.05, 4.69) is 66.5 Å². The van der Waals surface area contributed by atoms with Gasteiger partial charge in [-0.2, -0.15) is 0 Å². The Morgan fingerprint density at radius 3 is 2.72 bits per heavy atom. The van der Waals surface area contributed by atoms with E-state index in [1.54, 1.807) is 0 Å². The number of para-hydroxylation sites is 1. The van der Waals surface area contributed by atoms with Crippen LogP contribution in [-0.4, -0.2) is 30.6 Å². The van der Waals surface area contributed by atoms with E-state index in [0.29, 0.717) is 12.6 Å². The third-order valence-corrected chi connectivity index (χ3v) is 5.09. The summed E-state index contributed by atoms with van der Waals surface area (Å²) in [6.07, 6.45) is 2.64. The maximum Gasteiger partial charge on any atom is 0.124 e. The highest BCUT2D eigenvalue weighted by atomic mass is 16.5. The highest BCUT2D eigenvalue weighted by molar-refractivity contribution is 5.33. The molecule has 3 nitrogen and oxygen atoms in total. The predicted octanol–water partition coefficient (Wildman–Crippen LogP) is 4.15. The largest absolute Gasteiger partial charge is 0.489 e. The number of likely N-dealkylation sites (N-methyl/N-ethyl adjacent to an activating group) is 1. The second-order valence-corrected chi connectivity index (χ2v) is 6.94. The van der Waals surface area contributed by atoms with E-state index in [4.69, 9.17) is 4.74 Å². The molecule has 0 spiro atoms. The molecule has 1 atom stereocenters. The molecule has 1 heterocycles. The zero-order valence-electron chi connectivity index (χ0n) is 15.5. The van der Waals surface area contributed by atoms with E-state index < -0.39 is 0 Å². The Kier molecular flexibility index (Phi) is 6.48. The van der Waals surface area contributed by atoms with E-state index in [-0.39, 0.29) is 0 Å². The first-order valence-electron chi connectivity index (χ1n) is 9.47. The molecule has 0 aromatic heterocycles. The summed E-state index contributed by atoms with van der Waals surface area (Å²) in [5, 5.41) is 3.63. The van der Waals surface area contributed by atoms with Crippen LogP contribution in [0.5, 0.6) is 5.75 Å². The molecule has 25 heavy (non-hydrogen) atoms. The molecule has 2 aromatic rings. The Morgan fingerprint density at radius 1 is 1.12 bits per heavy atom. The van der Waals surface area contributed by atoms with Crippen molar-refractivity contribution in [1.29, 1.82) is 0 Å². The number of ether oxygens (including phenoxy) is 1. The minimum atomic E-state index is 0.615. The van der Waals surface area contributed by atoms with Crippen molar-refractivity contribution in [2.24, 2.45) is 0 Å². The molecule has 0 bridgehead atoms. The number of likely N-dealkylation sites (tertiary alicyclic amines) is 1. The van der Waals surface area contributed by atoms with Crippen molar-refractivity contribution in [3.05, 3.63) is 65.2 Å². The van der Waals surface area contributed by atoms with E-state index in [1.165, 1.54) is 36.1 Å². The number of hydrogen-bond donors (Lipinski definition) is 1. The van der Waals surface area contributed by atoms with Crippen molar-refractivity contribution in [2.45, 2.75) is 45.9 Å². The SMILES string of the molecule is CCN1CCCC1CNCc1ccccc1OCc1ccc(C)cc1. The van der Waals surface area contributed by atoms with E-state index in [0.717, 1.165) is 25.4 Å². The molecule has 0 radical (unpaired) electrons. The summed E-state index contributed by atoms with van der Waals surface area (Å²) in [6, 6.07) is 17.6. The summed E-state index contributed by atoms with van der Waals surface area (Å²) in [6.45, 7) is 9.30. The normalized spacial score (nSPS) is 17.8.